The SMILES string of the molecule is CC(C)NCC(O)c1ccc(O)c(C(=O)NO)c1. The molecule has 1 aromatic carbocycles. The molecule has 0 saturated carbocycles. The smallest absolute Gasteiger partial charge is 0.278 e. The van der Waals surface area contributed by atoms with E-state index in [4.69, 9.17) is 5.21 Å². The number of phenols is 1. The number of rotatable bonds is 5. The van der Waals surface area contributed by atoms with Crippen LogP contribution in [0.25, 0.3) is 0 Å². The lowest BCUT2D eigenvalue weighted by atomic mass is 10.0. The Hall–Kier alpha value is -1.63. The van der Waals surface area contributed by atoms with E-state index in [2.05, 4.69) is 5.32 Å². The molecule has 0 aliphatic heterocycles. The average Bonchev–Trinajstić information content (AvgIpc) is 2.35. The molecule has 1 atom stereocenters. The van der Waals surface area contributed by atoms with Crippen LogP contribution in [0.5, 0.6) is 5.75 Å². The molecule has 6 heteroatoms. The Balaban J connectivity index is 2.87. The lowest BCUT2D eigenvalue weighted by molar-refractivity contribution is 0.0703. The first kappa shape index (κ1) is 14.4. The number of carbonyl (C=O) groups excluding carboxylic acids is 1. The molecule has 0 heterocycles. The predicted molar refractivity (Wildman–Crippen MR) is 65.5 cm³/mol. The van der Waals surface area contributed by atoms with Crippen molar-refractivity contribution in [3.8, 4) is 5.75 Å². The lowest BCUT2D eigenvalue weighted by Crippen LogP contribution is -2.28. The first-order chi connectivity index (χ1) is 8.45. The number of nitrogens with one attached hydrogen (secondary N) is 2. The molecule has 6 nitrogen and oxygen atoms in total. The van der Waals surface area contributed by atoms with Gasteiger partial charge in [0, 0.05) is 12.6 Å². The summed E-state index contributed by atoms with van der Waals surface area (Å²) in [6, 6.07) is 4.40. The van der Waals surface area contributed by atoms with Crippen LogP contribution in [0.2, 0.25) is 0 Å². The molecule has 18 heavy (non-hydrogen) atoms. The molecular formula is C12H18N2O4. The minimum atomic E-state index is -0.821. The molecule has 0 spiro atoms. The summed E-state index contributed by atoms with van der Waals surface area (Å²) in [4.78, 5) is 11.3. The highest BCUT2D eigenvalue weighted by Gasteiger charge is 2.15. The van der Waals surface area contributed by atoms with Crippen LogP contribution in [0.3, 0.4) is 0 Å². The zero-order chi connectivity index (χ0) is 13.7. The number of aliphatic hydroxyl groups is 1. The van der Waals surface area contributed by atoms with Crippen molar-refractivity contribution in [1.29, 1.82) is 0 Å². The van der Waals surface area contributed by atoms with E-state index in [-0.39, 0.29) is 17.4 Å². The summed E-state index contributed by atoms with van der Waals surface area (Å²) in [6.07, 6.45) is -0.793. The van der Waals surface area contributed by atoms with E-state index in [1.165, 1.54) is 23.7 Å². The van der Waals surface area contributed by atoms with E-state index in [0.717, 1.165) is 0 Å². The summed E-state index contributed by atoms with van der Waals surface area (Å²) in [7, 11) is 0. The van der Waals surface area contributed by atoms with E-state index >= 15 is 0 Å². The van der Waals surface area contributed by atoms with Crippen molar-refractivity contribution in [3.63, 3.8) is 0 Å². The topological polar surface area (TPSA) is 102 Å². The van der Waals surface area contributed by atoms with Gasteiger partial charge in [0.15, 0.2) is 0 Å². The molecule has 0 aromatic heterocycles. The van der Waals surface area contributed by atoms with Crippen LogP contribution < -0.4 is 10.8 Å². The first-order valence-electron chi connectivity index (χ1n) is 5.64. The number of benzene rings is 1. The van der Waals surface area contributed by atoms with Gasteiger partial charge in [0.2, 0.25) is 0 Å². The van der Waals surface area contributed by atoms with E-state index < -0.39 is 12.0 Å². The molecule has 1 aromatic rings. The average molecular weight is 254 g/mol. The molecule has 1 amide bonds. The van der Waals surface area contributed by atoms with Gasteiger partial charge >= 0.3 is 0 Å². The van der Waals surface area contributed by atoms with Crippen LogP contribution in [0.15, 0.2) is 18.2 Å². The second-order valence-electron chi connectivity index (χ2n) is 4.30. The Kier molecular flexibility index (Phi) is 5.08. The molecular weight excluding hydrogens is 236 g/mol. The molecule has 0 saturated heterocycles. The Bertz CT molecular complexity index is 421. The highest BCUT2D eigenvalue weighted by molar-refractivity contribution is 5.96. The van der Waals surface area contributed by atoms with Gasteiger partial charge in [-0.2, -0.15) is 0 Å². The summed E-state index contributed by atoms with van der Waals surface area (Å²) >= 11 is 0. The Morgan fingerprint density at radius 1 is 1.39 bits per heavy atom. The van der Waals surface area contributed by atoms with Crippen LogP contribution in [0.1, 0.15) is 35.9 Å². The van der Waals surface area contributed by atoms with Crippen molar-refractivity contribution < 1.29 is 20.2 Å². The number of phenolic OH excluding ortho intramolecular Hbond substituents is 1. The Morgan fingerprint density at radius 3 is 2.61 bits per heavy atom. The number of hydrogen-bond acceptors (Lipinski definition) is 5. The fourth-order valence-corrected chi connectivity index (χ4v) is 1.47. The second kappa shape index (κ2) is 6.34. The van der Waals surface area contributed by atoms with Crippen molar-refractivity contribution in [3.05, 3.63) is 29.3 Å². The number of amides is 1. The van der Waals surface area contributed by atoms with Crippen molar-refractivity contribution in [2.45, 2.75) is 26.0 Å². The summed E-state index contributed by atoms with van der Waals surface area (Å²) in [5, 5.41) is 31.0. The third-order valence-corrected chi connectivity index (χ3v) is 2.47. The van der Waals surface area contributed by atoms with Gasteiger partial charge in [-0.1, -0.05) is 19.9 Å². The van der Waals surface area contributed by atoms with Gasteiger partial charge in [-0.25, -0.2) is 5.48 Å². The molecule has 0 bridgehead atoms. The highest BCUT2D eigenvalue weighted by atomic mass is 16.5. The molecule has 100 valence electrons. The van der Waals surface area contributed by atoms with E-state index in [1.807, 2.05) is 13.8 Å². The molecule has 5 N–H and O–H groups in total. The quantitative estimate of drug-likeness (QED) is 0.390. The summed E-state index contributed by atoms with van der Waals surface area (Å²) in [6.45, 7) is 4.24. The number of carbonyl (C=O) groups is 1. The predicted octanol–water partition coefficient (Wildman–Crippen LogP) is 0.543. The molecule has 0 aliphatic rings. The monoisotopic (exact) mass is 254 g/mol. The van der Waals surface area contributed by atoms with Crippen LogP contribution in [-0.4, -0.2) is 33.9 Å². The Morgan fingerprint density at radius 2 is 2.06 bits per heavy atom. The maximum absolute atomic E-state index is 11.3. The maximum atomic E-state index is 11.3. The molecule has 1 rings (SSSR count). The molecule has 0 fully saturated rings. The van der Waals surface area contributed by atoms with Gasteiger partial charge in [0.05, 0.1) is 11.7 Å². The van der Waals surface area contributed by atoms with Crippen molar-refractivity contribution in [2.24, 2.45) is 0 Å². The van der Waals surface area contributed by atoms with E-state index in [1.54, 1.807) is 0 Å². The molecule has 1 unspecified atom stereocenters. The normalized spacial score (nSPS) is 12.5. The fraction of sp³-hybridized carbons (Fsp3) is 0.417. The molecule has 0 radical (unpaired) electrons. The van der Waals surface area contributed by atoms with Gasteiger partial charge in [0.1, 0.15) is 5.75 Å². The van der Waals surface area contributed by atoms with Crippen LogP contribution >= 0.6 is 0 Å². The Labute approximate surface area is 105 Å². The highest BCUT2D eigenvalue weighted by Crippen LogP contribution is 2.22. The maximum Gasteiger partial charge on any atom is 0.278 e. The van der Waals surface area contributed by atoms with Crippen molar-refractivity contribution >= 4 is 5.91 Å². The third-order valence-electron chi connectivity index (χ3n) is 2.47. The van der Waals surface area contributed by atoms with Gasteiger partial charge in [-0.05, 0) is 17.7 Å². The summed E-state index contributed by atoms with van der Waals surface area (Å²) in [5.41, 5.74) is 1.84. The van der Waals surface area contributed by atoms with Gasteiger partial charge in [-0.3, -0.25) is 10.0 Å². The number of aromatic hydroxyl groups is 1. The van der Waals surface area contributed by atoms with Crippen molar-refractivity contribution in [1.82, 2.24) is 10.8 Å². The summed E-state index contributed by atoms with van der Waals surface area (Å²) < 4.78 is 0. The zero-order valence-electron chi connectivity index (χ0n) is 10.3. The number of hydroxylamine groups is 1. The van der Waals surface area contributed by atoms with E-state index in [0.29, 0.717) is 12.1 Å². The van der Waals surface area contributed by atoms with Crippen LogP contribution in [0, 0.1) is 0 Å². The molecule has 0 aliphatic carbocycles. The number of aliphatic hydroxyl groups excluding tert-OH is 1. The zero-order valence-corrected chi connectivity index (χ0v) is 10.3. The standard InChI is InChI=1S/C12H18N2O4/c1-7(2)13-6-11(16)8-3-4-10(15)9(5-8)12(17)14-18/h3-5,7,11,13,15-16,18H,6H2,1-2H3,(H,14,17). The van der Waals surface area contributed by atoms with Gasteiger partial charge in [0.25, 0.3) is 5.91 Å². The fourth-order valence-electron chi connectivity index (χ4n) is 1.47. The minimum Gasteiger partial charge on any atom is -0.507 e. The van der Waals surface area contributed by atoms with Crippen LogP contribution in [-0.2, 0) is 0 Å². The van der Waals surface area contributed by atoms with Gasteiger partial charge < -0.3 is 15.5 Å². The first-order valence-corrected chi connectivity index (χ1v) is 5.64. The minimum absolute atomic E-state index is 0.0846. The second-order valence-corrected chi connectivity index (χ2v) is 4.30. The third kappa shape index (κ3) is 3.69. The van der Waals surface area contributed by atoms with Crippen LogP contribution in [0.4, 0.5) is 0 Å². The van der Waals surface area contributed by atoms with Crippen molar-refractivity contribution in [2.75, 3.05) is 6.54 Å². The largest absolute Gasteiger partial charge is 0.507 e. The number of hydrogen-bond donors (Lipinski definition) is 5. The van der Waals surface area contributed by atoms with E-state index in [9.17, 15) is 15.0 Å². The van der Waals surface area contributed by atoms with Gasteiger partial charge in [-0.15, -0.1) is 0 Å². The lowest BCUT2D eigenvalue weighted by Gasteiger charge is -2.15. The summed E-state index contributed by atoms with van der Waals surface area (Å²) in [5.74, 6) is -1.08.